The highest BCUT2D eigenvalue weighted by atomic mass is 35.5. The van der Waals surface area contributed by atoms with Crippen molar-refractivity contribution in [3.8, 4) is 5.75 Å². The molecule has 2 rings (SSSR count). The van der Waals surface area contributed by atoms with Crippen LogP contribution >= 0.6 is 11.6 Å². The third-order valence-corrected chi connectivity index (χ3v) is 3.84. The van der Waals surface area contributed by atoms with Gasteiger partial charge in [-0.15, -0.1) is 0 Å². The third-order valence-electron chi connectivity index (χ3n) is 3.60. The molecule has 0 aliphatic carbocycles. The van der Waals surface area contributed by atoms with Crippen LogP contribution in [0.25, 0.3) is 0 Å². The molecular formula is C19H23ClFNO. The van der Waals surface area contributed by atoms with Gasteiger partial charge in [0, 0.05) is 17.1 Å². The highest BCUT2D eigenvalue weighted by molar-refractivity contribution is 6.30. The van der Waals surface area contributed by atoms with E-state index in [0.29, 0.717) is 11.6 Å². The molecule has 0 saturated heterocycles. The van der Waals surface area contributed by atoms with E-state index in [1.54, 1.807) is 12.1 Å². The van der Waals surface area contributed by atoms with Gasteiger partial charge in [-0.1, -0.05) is 43.5 Å². The van der Waals surface area contributed by atoms with E-state index in [-0.39, 0.29) is 5.82 Å². The molecule has 124 valence electrons. The summed E-state index contributed by atoms with van der Waals surface area (Å²) in [6.07, 6.45) is 3.62. The van der Waals surface area contributed by atoms with E-state index in [4.69, 9.17) is 16.3 Å². The largest absolute Gasteiger partial charge is 0.489 e. The fourth-order valence-electron chi connectivity index (χ4n) is 2.29. The van der Waals surface area contributed by atoms with Crippen LogP contribution in [0.1, 0.15) is 37.3 Å². The maximum atomic E-state index is 12.9. The maximum Gasteiger partial charge on any atom is 0.124 e. The lowest BCUT2D eigenvalue weighted by Crippen LogP contribution is -2.15. The number of benzene rings is 2. The summed E-state index contributed by atoms with van der Waals surface area (Å²) < 4.78 is 18.8. The van der Waals surface area contributed by atoms with Crippen molar-refractivity contribution in [2.45, 2.75) is 39.3 Å². The van der Waals surface area contributed by atoms with Crippen LogP contribution in [0, 0.1) is 5.82 Å². The van der Waals surface area contributed by atoms with Crippen molar-refractivity contribution in [3.05, 3.63) is 64.4 Å². The standard InChI is InChI=1S/C19H23ClFNO/c1-2-3-4-11-22-13-16-12-17(20)7-10-19(16)23-14-15-5-8-18(21)9-6-15/h5-10,12,22H,2-4,11,13-14H2,1H3. The predicted molar refractivity (Wildman–Crippen MR) is 93.4 cm³/mol. The quantitative estimate of drug-likeness (QED) is 0.625. The summed E-state index contributed by atoms with van der Waals surface area (Å²) in [6, 6.07) is 12.0. The molecule has 0 unspecified atom stereocenters. The Morgan fingerprint density at radius 3 is 2.61 bits per heavy atom. The molecule has 23 heavy (non-hydrogen) atoms. The number of hydrogen-bond acceptors (Lipinski definition) is 2. The summed E-state index contributed by atoms with van der Waals surface area (Å²) in [7, 11) is 0. The van der Waals surface area contributed by atoms with Gasteiger partial charge < -0.3 is 10.1 Å². The number of ether oxygens (including phenoxy) is 1. The molecule has 0 atom stereocenters. The number of nitrogens with one attached hydrogen (secondary N) is 1. The number of rotatable bonds is 9. The second-order valence-electron chi connectivity index (χ2n) is 5.55. The van der Waals surface area contributed by atoms with Gasteiger partial charge in [0.05, 0.1) is 0 Å². The summed E-state index contributed by atoms with van der Waals surface area (Å²) in [5.74, 6) is 0.568. The molecule has 2 aromatic rings. The first-order valence-corrected chi connectivity index (χ1v) is 8.43. The molecule has 0 aliphatic heterocycles. The van der Waals surface area contributed by atoms with Crippen molar-refractivity contribution in [3.63, 3.8) is 0 Å². The van der Waals surface area contributed by atoms with Gasteiger partial charge >= 0.3 is 0 Å². The molecule has 4 heteroatoms. The van der Waals surface area contributed by atoms with Crippen LogP contribution in [0.15, 0.2) is 42.5 Å². The Bertz CT molecular complexity index is 601. The van der Waals surface area contributed by atoms with E-state index in [1.807, 2.05) is 18.2 Å². The average molecular weight is 336 g/mol. The lowest BCUT2D eigenvalue weighted by molar-refractivity contribution is 0.302. The van der Waals surface area contributed by atoms with E-state index in [2.05, 4.69) is 12.2 Å². The summed E-state index contributed by atoms with van der Waals surface area (Å²) in [4.78, 5) is 0. The average Bonchev–Trinajstić information content (AvgIpc) is 2.55. The first-order valence-electron chi connectivity index (χ1n) is 8.05. The molecular weight excluding hydrogens is 313 g/mol. The predicted octanol–water partition coefficient (Wildman–Crippen LogP) is 5.34. The monoisotopic (exact) mass is 335 g/mol. The summed E-state index contributed by atoms with van der Waals surface area (Å²) in [6.45, 7) is 4.31. The fourth-order valence-corrected chi connectivity index (χ4v) is 2.49. The first kappa shape index (κ1) is 17.8. The highest BCUT2D eigenvalue weighted by Crippen LogP contribution is 2.24. The Labute approximate surface area is 142 Å². The molecule has 2 nitrogen and oxygen atoms in total. The number of unbranched alkanes of at least 4 members (excludes halogenated alkanes) is 2. The molecule has 2 aromatic carbocycles. The highest BCUT2D eigenvalue weighted by Gasteiger charge is 2.05. The zero-order chi connectivity index (χ0) is 16.5. The molecule has 0 aromatic heterocycles. The van der Waals surface area contributed by atoms with E-state index in [9.17, 15) is 4.39 Å². The third kappa shape index (κ3) is 6.20. The van der Waals surface area contributed by atoms with Gasteiger partial charge in [-0.05, 0) is 48.9 Å². The minimum absolute atomic E-state index is 0.239. The molecule has 0 amide bonds. The Hall–Kier alpha value is -1.58. The lowest BCUT2D eigenvalue weighted by Gasteiger charge is -2.13. The summed E-state index contributed by atoms with van der Waals surface area (Å²) >= 11 is 6.09. The van der Waals surface area contributed by atoms with Crippen molar-refractivity contribution in [2.24, 2.45) is 0 Å². The van der Waals surface area contributed by atoms with Crippen LogP contribution in [0.2, 0.25) is 5.02 Å². The maximum absolute atomic E-state index is 12.9. The number of halogens is 2. The van der Waals surface area contributed by atoms with Crippen LogP contribution in [-0.4, -0.2) is 6.54 Å². The zero-order valence-electron chi connectivity index (χ0n) is 13.4. The van der Waals surface area contributed by atoms with Gasteiger partial charge in [0.2, 0.25) is 0 Å². The fraction of sp³-hybridized carbons (Fsp3) is 0.368. The van der Waals surface area contributed by atoms with Gasteiger partial charge in [-0.25, -0.2) is 4.39 Å². The van der Waals surface area contributed by atoms with E-state index in [1.165, 1.54) is 31.4 Å². The minimum atomic E-state index is -0.239. The Balaban J connectivity index is 1.93. The normalized spacial score (nSPS) is 10.7. The topological polar surface area (TPSA) is 21.3 Å². The van der Waals surface area contributed by atoms with Gasteiger partial charge in [0.15, 0.2) is 0 Å². The SMILES string of the molecule is CCCCCNCc1cc(Cl)ccc1OCc1ccc(F)cc1. The van der Waals surface area contributed by atoms with Crippen molar-refractivity contribution >= 4 is 11.6 Å². The van der Waals surface area contributed by atoms with Crippen molar-refractivity contribution in [2.75, 3.05) is 6.54 Å². The van der Waals surface area contributed by atoms with Crippen LogP contribution in [0.5, 0.6) is 5.75 Å². The summed E-state index contributed by atoms with van der Waals surface area (Å²) in [5.41, 5.74) is 1.97. The molecule has 0 saturated carbocycles. The second-order valence-corrected chi connectivity index (χ2v) is 5.99. The van der Waals surface area contributed by atoms with Gasteiger partial charge in [0.1, 0.15) is 18.2 Å². The van der Waals surface area contributed by atoms with E-state index >= 15 is 0 Å². The molecule has 1 N–H and O–H groups in total. The van der Waals surface area contributed by atoms with E-state index < -0.39 is 0 Å². The minimum Gasteiger partial charge on any atom is -0.489 e. The molecule has 0 heterocycles. The van der Waals surface area contributed by atoms with Gasteiger partial charge in [0.25, 0.3) is 0 Å². The van der Waals surface area contributed by atoms with Crippen LogP contribution in [0.3, 0.4) is 0 Å². The van der Waals surface area contributed by atoms with Gasteiger partial charge in [-0.3, -0.25) is 0 Å². The molecule has 0 spiro atoms. The van der Waals surface area contributed by atoms with E-state index in [0.717, 1.165) is 30.0 Å². The van der Waals surface area contributed by atoms with Gasteiger partial charge in [-0.2, -0.15) is 0 Å². The Kier molecular flexibility index (Phi) is 7.37. The smallest absolute Gasteiger partial charge is 0.124 e. The van der Waals surface area contributed by atoms with Crippen molar-refractivity contribution < 1.29 is 9.13 Å². The molecule has 0 fully saturated rings. The molecule has 0 aliphatic rings. The zero-order valence-corrected chi connectivity index (χ0v) is 14.2. The van der Waals surface area contributed by atoms with Crippen LogP contribution < -0.4 is 10.1 Å². The Morgan fingerprint density at radius 2 is 1.87 bits per heavy atom. The Morgan fingerprint density at radius 1 is 1.09 bits per heavy atom. The lowest BCUT2D eigenvalue weighted by atomic mass is 10.2. The number of hydrogen-bond donors (Lipinski definition) is 1. The molecule has 0 bridgehead atoms. The van der Waals surface area contributed by atoms with Crippen LogP contribution in [-0.2, 0) is 13.2 Å². The summed E-state index contributed by atoms with van der Waals surface area (Å²) in [5, 5.41) is 4.12. The van der Waals surface area contributed by atoms with Crippen molar-refractivity contribution in [1.29, 1.82) is 0 Å². The second kappa shape index (κ2) is 9.53. The van der Waals surface area contributed by atoms with Crippen LogP contribution in [0.4, 0.5) is 4.39 Å². The first-order chi connectivity index (χ1) is 11.2. The van der Waals surface area contributed by atoms with Crippen molar-refractivity contribution in [1.82, 2.24) is 5.32 Å². The molecule has 0 radical (unpaired) electrons.